The second-order valence-electron chi connectivity index (χ2n) is 9.44. The van der Waals surface area contributed by atoms with Crippen LogP contribution >= 0.6 is 0 Å². The van der Waals surface area contributed by atoms with Gasteiger partial charge in [0.25, 0.3) is 0 Å². The van der Waals surface area contributed by atoms with Crippen molar-refractivity contribution in [2.75, 3.05) is 32.2 Å². The van der Waals surface area contributed by atoms with Gasteiger partial charge in [0.2, 0.25) is 5.91 Å². The minimum Gasteiger partial charge on any atom is -0.506 e. The summed E-state index contributed by atoms with van der Waals surface area (Å²) in [6.45, 7) is 4.92. The van der Waals surface area contributed by atoms with Crippen LogP contribution < -0.4 is 4.90 Å². The van der Waals surface area contributed by atoms with E-state index in [0.29, 0.717) is 12.3 Å². The molecular weight excluding hydrogens is 384 g/mol. The van der Waals surface area contributed by atoms with Crippen LogP contribution in [0, 0.1) is 17.8 Å². The first-order valence-corrected chi connectivity index (χ1v) is 10.8. The minimum absolute atomic E-state index is 0.00347. The van der Waals surface area contributed by atoms with E-state index in [-0.39, 0.29) is 59.0 Å². The van der Waals surface area contributed by atoms with Gasteiger partial charge >= 0.3 is 5.97 Å². The first kappa shape index (κ1) is 19.8. The average Bonchev–Trinajstić information content (AvgIpc) is 3.21. The highest BCUT2D eigenvalue weighted by molar-refractivity contribution is 5.98. The Morgan fingerprint density at radius 1 is 1.30 bits per heavy atom. The van der Waals surface area contributed by atoms with Gasteiger partial charge in [-0.05, 0) is 50.9 Å². The number of anilines is 1. The topological polar surface area (TPSA) is 79.3 Å². The van der Waals surface area contributed by atoms with Crippen LogP contribution in [0.4, 0.5) is 5.69 Å². The van der Waals surface area contributed by atoms with Gasteiger partial charge in [0, 0.05) is 24.3 Å². The summed E-state index contributed by atoms with van der Waals surface area (Å²) in [4.78, 5) is 29.9. The molecule has 2 saturated heterocycles. The number of carbonyl (C=O) groups is 2. The lowest BCUT2D eigenvalue weighted by atomic mass is 9.55. The van der Waals surface area contributed by atoms with Crippen molar-refractivity contribution in [3.05, 3.63) is 23.8 Å². The largest absolute Gasteiger partial charge is 0.506 e. The summed E-state index contributed by atoms with van der Waals surface area (Å²) >= 11 is 0. The van der Waals surface area contributed by atoms with E-state index in [4.69, 9.17) is 9.47 Å². The number of phenols is 1. The van der Waals surface area contributed by atoms with Crippen molar-refractivity contribution in [2.24, 2.45) is 17.8 Å². The highest BCUT2D eigenvalue weighted by Crippen LogP contribution is 2.63. The summed E-state index contributed by atoms with van der Waals surface area (Å²) in [5.74, 6) is -0.468. The number of likely N-dealkylation sites (tertiary alicyclic amines) is 1. The maximum atomic E-state index is 13.0. The predicted molar refractivity (Wildman–Crippen MR) is 110 cm³/mol. The third kappa shape index (κ3) is 2.33. The van der Waals surface area contributed by atoms with Gasteiger partial charge in [0.15, 0.2) is 0 Å². The quantitative estimate of drug-likeness (QED) is 0.708. The van der Waals surface area contributed by atoms with Crippen LogP contribution in [-0.4, -0.2) is 67.4 Å². The Morgan fingerprint density at radius 3 is 2.77 bits per heavy atom. The minimum atomic E-state index is -0.355. The van der Waals surface area contributed by atoms with Crippen molar-refractivity contribution in [1.82, 2.24) is 4.90 Å². The zero-order valence-corrected chi connectivity index (χ0v) is 18.0. The van der Waals surface area contributed by atoms with Crippen molar-refractivity contribution < 1.29 is 24.2 Å². The van der Waals surface area contributed by atoms with Crippen molar-refractivity contribution >= 4 is 17.6 Å². The number of methoxy groups -OCH3 is 1. The van der Waals surface area contributed by atoms with E-state index >= 15 is 0 Å². The molecule has 1 aromatic carbocycles. The molecule has 7 heteroatoms. The van der Waals surface area contributed by atoms with Crippen LogP contribution in [0.1, 0.15) is 32.3 Å². The SMILES string of the molecule is COC(=O)[C@@H]1[C@@H]2C[C@H]3N(C)CC[C@@]34c3cccc(O)c3N(C(C)=O)[C@H]4[C@@H]2CO[C@@H]1C. The zero-order chi connectivity index (χ0) is 21.4. The number of carbonyl (C=O) groups excluding carboxylic acids is 2. The Morgan fingerprint density at radius 2 is 2.07 bits per heavy atom. The molecule has 1 amide bonds. The molecule has 0 bridgehead atoms. The number of rotatable bonds is 1. The van der Waals surface area contributed by atoms with E-state index in [1.807, 2.05) is 13.0 Å². The summed E-state index contributed by atoms with van der Waals surface area (Å²) in [5, 5.41) is 10.8. The number of para-hydroxylation sites is 1. The van der Waals surface area contributed by atoms with Crippen LogP contribution in [0.3, 0.4) is 0 Å². The highest BCUT2D eigenvalue weighted by atomic mass is 16.5. The monoisotopic (exact) mass is 414 g/mol. The third-order valence-corrected chi connectivity index (χ3v) is 8.35. The number of benzene rings is 1. The number of amides is 1. The lowest BCUT2D eigenvalue weighted by Crippen LogP contribution is -2.66. The molecule has 5 rings (SSSR count). The van der Waals surface area contributed by atoms with E-state index in [9.17, 15) is 14.7 Å². The van der Waals surface area contributed by atoms with Gasteiger partial charge in [-0.25, -0.2) is 0 Å². The Labute approximate surface area is 176 Å². The van der Waals surface area contributed by atoms with Gasteiger partial charge in [-0.15, -0.1) is 0 Å². The number of hydrogen-bond acceptors (Lipinski definition) is 6. The molecule has 0 aromatic heterocycles. The van der Waals surface area contributed by atoms with Gasteiger partial charge in [0.05, 0.1) is 37.5 Å². The van der Waals surface area contributed by atoms with Crippen molar-refractivity contribution in [2.45, 2.75) is 50.3 Å². The molecule has 3 aliphatic heterocycles. The number of esters is 1. The summed E-state index contributed by atoms with van der Waals surface area (Å²) in [7, 11) is 3.56. The fourth-order valence-electron chi connectivity index (χ4n) is 7.25. The summed E-state index contributed by atoms with van der Waals surface area (Å²) < 4.78 is 11.3. The maximum Gasteiger partial charge on any atom is 0.311 e. The van der Waals surface area contributed by atoms with Gasteiger partial charge in [-0.2, -0.15) is 0 Å². The molecule has 1 spiro atoms. The first-order chi connectivity index (χ1) is 14.3. The Kier molecular flexibility index (Phi) is 4.42. The number of likely N-dealkylation sites (N-methyl/N-ethyl adjacent to an activating group) is 1. The average molecular weight is 415 g/mol. The standard InChI is InChI=1S/C23H30N2O5/c1-12-19(22(28)29-4)14-10-18-23(8-9-24(18)3)16-6-5-7-17(27)20(16)25(13(2)26)21(23)15(14)11-30-12/h5-7,12,14-15,18-19,21,27H,8-11H2,1-4H3/t12-,14-,15-,18-,19+,21+,23-/m1/s1. The number of aromatic hydroxyl groups is 1. The summed E-state index contributed by atoms with van der Waals surface area (Å²) in [6.07, 6.45) is 1.55. The molecule has 1 aliphatic carbocycles. The molecule has 7 nitrogen and oxygen atoms in total. The fraction of sp³-hybridized carbons (Fsp3) is 0.652. The molecule has 3 heterocycles. The van der Waals surface area contributed by atoms with Crippen LogP contribution in [0.5, 0.6) is 5.75 Å². The van der Waals surface area contributed by atoms with Gasteiger partial charge in [-0.1, -0.05) is 12.1 Å². The van der Waals surface area contributed by atoms with E-state index in [1.54, 1.807) is 17.9 Å². The molecular formula is C23H30N2O5. The van der Waals surface area contributed by atoms with Gasteiger partial charge < -0.3 is 24.4 Å². The summed E-state index contributed by atoms with van der Waals surface area (Å²) in [5.41, 5.74) is 1.44. The molecule has 0 radical (unpaired) electrons. The van der Waals surface area contributed by atoms with E-state index in [0.717, 1.165) is 24.9 Å². The van der Waals surface area contributed by atoms with Crippen molar-refractivity contribution in [3.63, 3.8) is 0 Å². The highest BCUT2D eigenvalue weighted by Gasteiger charge is 2.68. The van der Waals surface area contributed by atoms with Crippen molar-refractivity contribution in [3.8, 4) is 5.75 Å². The fourth-order valence-corrected chi connectivity index (χ4v) is 7.25. The Hall–Kier alpha value is -2.12. The van der Waals surface area contributed by atoms with Crippen LogP contribution in [0.15, 0.2) is 18.2 Å². The Bertz CT molecular complexity index is 904. The third-order valence-electron chi connectivity index (χ3n) is 8.35. The van der Waals surface area contributed by atoms with E-state index < -0.39 is 0 Å². The molecule has 162 valence electrons. The number of ether oxygens (including phenoxy) is 2. The Balaban J connectivity index is 1.71. The zero-order valence-electron chi connectivity index (χ0n) is 18.0. The predicted octanol–water partition coefficient (Wildman–Crippen LogP) is 1.91. The molecule has 1 aromatic rings. The second kappa shape index (κ2) is 6.69. The molecule has 1 N–H and O–H groups in total. The number of hydrogen-bond donors (Lipinski definition) is 1. The normalized spacial score (nSPS) is 39.7. The van der Waals surface area contributed by atoms with Crippen LogP contribution in [0.25, 0.3) is 0 Å². The van der Waals surface area contributed by atoms with E-state index in [2.05, 4.69) is 18.0 Å². The molecule has 7 atom stereocenters. The lowest BCUT2D eigenvalue weighted by molar-refractivity contribution is -0.172. The van der Waals surface area contributed by atoms with E-state index in [1.165, 1.54) is 7.11 Å². The first-order valence-electron chi connectivity index (χ1n) is 10.8. The maximum absolute atomic E-state index is 13.0. The molecule has 1 saturated carbocycles. The lowest BCUT2D eigenvalue weighted by Gasteiger charge is -2.56. The molecule has 3 fully saturated rings. The smallest absolute Gasteiger partial charge is 0.311 e. The van der Waals surface area contributed by atoms with Crippen LogP contribution in [-0.2, 0) is 24.5 Å². The number of phenolic OH excluding ortho intramolecular Hbond substituents is 1. The van der Waals surface area contributed by atoms with Crippen molar-refractivity contribution in [1.29, 1.82) is 0 Å². The van der Waals surface area contributed by atoms with Gasteiger partial charge in [-0.3, -0.25) is 9.59 Å². The summed E-state index contributed by atoms with van der Waals surface area (Å²) in [6, 6.07) is 5.64. The molecule has 4 aliphatic rings. The van der Waals surface area contributed by atoms with Crippen LogP contribution in [0.2, 0.25) is 0 Å². The van der Waals surface area contributed by atoms with Gasteiger partial charge in [0.1, 0.15) is 5.75 Å². The number of fused-ring (bicyclic) bond motifs is 3. The number of nitrogens with zero attached hydrogens (tertiary/aromatic N) is 2. The second-order valence-corrected chi connectivity index (χ2v) is 9.44. The molecule has 0 unspecified atom stereocenters. The molecule has 30 heavy (non-hydrogen) atoms.